The molecule has 0 aromatic carbocycles. The standard InChI is InChI=1S/C12H13N5O4/c1-6-4-17-8-9(13-11(17)16(6)5-7(18)19)14(2)12(21)15(3)10(8)20/h4,8H,5H2,1-3H3/p+1. The summed E-state index contributed by atoms with van der Waals surface area (Å²) < 4.78 is 3.11. The smallest absolute Gasteiger partial charge is 0.402 e. The number of hydrogen-bond donors (Lipinski definition) is 1. The van der Waals surface area contributed by atoms with Crippen LogP contribution in [-0.2, 0) is 16.1 Å². The Balaban J connectivity index is 2.14. The quantitative estimate of drug-likeness (QED) is 0.727. The van der Waals surface area contributed by atoms with Crippen LogP contribution in [0.5, 0.6) is 0 Å². The molecular weight excluding hydrogens is 278 g/mol. The topological polar surface area (TPSA) is 99.1 Å². The number of carbonyl (C=O) groups excluding carboxylic acids is 2. The number of fused-ring (bicyclic) bond motifs is 3. The molecule has 0 aliphatic carbocycles. The van der Waals surface area contributed by atoms with Crippen molar-refractivity contribution in [3.05, 3.63) is 11.9 Å². The molecule has 3 rings (SSSR count). The predicted molar refractivity (Wildman–Crippen MR) is 69.1 cm³/mol. The third-order valence-corrected chi connectivity index (χ3v) is 3.74. The van der Waals surface area contributed by atoms with Crippen molar-refractivity contribution in [2.24, 2.45) is 4.99 Å². The van der Waals surface area contributed by atoms with Crippen LogP contribution >= 0.6 is 0 Å². The van der Waals surface area contributed by atoms with Crippen LogP contribution in [0.15, 0.2) is 11.2 Å². The van der Waals surface area contributed by atoms with Gasteiger partial charge in [-0.3, -0.25) is 14.6 Å². The first kappa shape index (κ1) is 13.3. The number of imidazole rings is 1. The molecule has 21 heavy (non-hydrogen) atoms. The van der Waals surface area contributed by atoms with Gasteiger partial charge in [-0.2, -0.15) is 0 Å². The monoisotopic (exact) mass is 292 g/mol. The molecule has 1 aromatic rings. The fourth-order valence-electron chi connectivity index (χ4n) is 2.64. The lowest BCUT2D eigenvalue weighted by Crippen LogP contribution is -2.61. The Morgan fingerprint density at radius 2 is 2.05 bits per heavy atom. The lowest BCUT2D eigenvalue weighted by Gasteiger charge is -2.30. The number of carboxylic acids is 1. The predicted octanol–water partition coefficient (Wildman–Crippen LogP) is -0.723. The third-order valence-electron chi connectivity index (χ3n) is 3.74. The van der Waals surface area contributed by atoms with Gasteiger partial charge in [-0.1, -0.05) is 4.99 Å². The normalized spacial score (nSPS) is 20.5. The maximum Gasteiger partial charge on any atom is 0.402 e. The molecule has 0 spiro atoms. The van der Waals surface area contributed by atoms with Crippen molar-refractivity contribution in [1.82, 2.24) is 14.4 Å². The summed E-state index contributed by atoms with van der Waals surface area (Å²) in [5.41, 5.74) is 0.685. The Hall–Kier alpha value is -2.71. The van der Waals surface area contributed by atoms with Gasteiger partial charge in [0.25, 0.3) is 5.91 Å². The molecule has 1 N–H and O–H groups in total. The first-order chi connectivity index (χ1) is 9.82. The molecule has 3 heterocycles. The summed E-state index contributed by atoms with van der Waals surface area (Å²) in [6, 6.07) is -1.18. The van der Waals surface area contributed by atoms with Crippen molar-refractivity contribution in [3.8, 4) is 0 Å². The number of aromatic nitrogens is 2. The number of rotatable bonds is 2. The van der Waals surface area contributed by atoms with Gasteiger partial charge in [-0.05, 0) is 6.92 Å². The number of aliphatic carboxylic acids is 1. The molecule has 9 nitrogen and oxygen atoms in total. The molecule has 3 amide bonds. The molecule has 110 valence electrons. The summed E-state index contributed by atoms with van der Waals surface area (Å²) in [6.07, 6.45) is 1.68. The van der Waals surface area contributed by atoms with Crippen LogP contribution in [-0.4, -0.2) is 57.3 Å². The van der Waals surface area contributed by atoms with Gasteiger partial charge in [0.15, 0.2) is 6.54 Å². The first-order valence-electron chi connectivity index (χ1n) is 6.30. The molecule has 0 bridgehead atoms. The second kappa shape index (κ2) is 4.14. The number of imide groups is 1. The molecule has 1 atom stereocenters. The van der Waals surface area contributed by atoms with Crippen LogP contribution in [0.3, 0.4) is 0 Å². The number of urea groups is 1. The zero-order chi connectivity index (χ0) is 15.5. The van der Waals surface area contributed by atoms with Gasteiger partial charge >= 0.3 is 17.9 Å². The summed E-state index contributed by atoms with van der Waals surface area (Å²) in [5.74, 6) is -0.705. The van der Waals surface area contributed by atoms with E-state index in [1.807, 2.05) is 0 Å². The fourth-order valence-corrected chi connectivity index (χ4v) is 2.64. The molecule has 2 aliphatic heterocycles. The Labute approximate surface area is 119 Å². The van der Waals surface area contributed by atoms with Crippen LogP contribution in [0.2, 0.25) is 0 Å². The fraction of sp³-hybridized carbons (Fsp3) is 0.417. The zero-order valence-electron chi connectivity index (χ0n) is 11.8. The van der Waals surface area contributed by atoms with Crippen LogP contribution in [0, 0.1) is 6.92 Å². The molecule has 0 saturated carbocycles. The number of aryl methyl sites for hydroxylation is 1. The van der Waals surface area contributed by atoms with Crippen molar-refractivity contribution in [1.29, 1.82) is 0 Å². The Kier molecular flexibility index (Phi) is 2.62. The number of aliphatic imine (C=N–C) groups is 1. The highest BCUT2D eigenvalue weighted by molar-refractivity contribution is 6.18. The summed E-state index contributed by atoms with van der Waals surface area (Å²) in [5, 5.41) is 8.97. The van der Waals surface area contributed by atoms with Crippen LogP contribution in [0.4, 0.5) is 10.7 Å². The molecule has 1 fully saturated rings. The van der Waals surface area contributed by atoms with E-state index in [0.29, 0.717) is 17.5 Å². The van der Waals surface area contributed by atoms with Gasteiger partial charge in [0.05, 0.1) is 0 Å². The molecule has 9 heteroatoms. The van der Waals surface area contributed by atoms with E-state index in [0.717, 1.165) is 4.90 Å². The summed E-state index contributed by atoms with van der Waals surface area (Å²) >= 11 is 0. The van der Waals surface area contributed by atoms with Gasteiger partial charge in [-0.25, -0.2) is 18.7 Å². The van der Waals surface area contributed by atoms with Crippen LogP contribution in [0.1, 0.15) is 11.7 Å². The van der Waals surface area contributed by atoms with Crippen molar-refractivity contribution in [2.45, 2.75) is 19.5 Å². The minimum absolute atomic E-state index is 0.251. The highest BCUT2D eigenvalue weighted by Gasteiger charge is 2.52. The highest BCUT2D eigenvalue weighted by Crippen LogP contribution is 2.28. The van der Waals surface area contributed by atoms with Gasteiger partial charge < -0.3 is 5.11 Å². The third kappa shape index (κ3) is 1.66. The average molecular weight is 292 g/mol. The molecule has 2 aliphatic rings. The van der Waals surface area contributed by atoms with Gasteiger partial charge in [-0.15, -0.1) is 0 Å². The molecule has 0 radical (unpaired) electrons. The Bertz CT molecular complexity index is 719. The maximum atomic E-state index is 12.3. The highest BCUT2D eigenvalue weighted by atomic mass is 16.4. The Morgan fingerprint density at radius 1 is 1.38 bits per heavy atom. The van der Waals surface area contributed by atoms with E-state index in [1.165, 1.54) is 23.6 Å². The number of nitrogens with zero attached hydrogens (tertiary/aromatic N) is 5. The Morgan fingerprint density at radius 3 is 2.67 bits per heavy atom. The average Bonchev–Trinajstić information content (AvgIpc) is 2.91. The number of amides is 3. The van der Waals surface area contributed by atoms with E-state index in [9.17, 15) is 14.4 Å². The summed E-state index contributed by atoms with van der Waals surface area (Å²) in [6.45, 7) is 1.49. The van der Waals surface area contributed by atoms with E-state index in [2.05, 4.69) is 4.99 Å². The first-order valence-corrected chi connectivity index (χ1v) is 6.30. The number of carboxylic acid groups (broad SMARTS) is 1. The maximum absolute atomic E-state index is 12.3. The molecule has 1 saturated heterocycles. The van der Waals surface area contributed by atoms with E-state index in [4.69, 9.17) is 5.11 Å². The number of carbonyl (C=O) groups is 3. The van der Waals surface area contributed by atoms with Gasteiger partial charge in [0.1, 0.15) is 11.9 Å². The van der Waals surface area contributed by atoms with Crippen LogP contribution in [0.25, 0.3) is 0 Å². The largest absolute Gasteiger partial charge is 0.479 e. The van der Waals surface area contributed by atoms with Crippen molar-refractivity contribution in [3.63, 3.8) is 0 Å². The molecule has 1 unspecified atom stereocenters. The number of amidine groups is 1. The van der Waals surface area contributed by atoms with Crippen molar-refractivity contribution < 1.29 is 24.1 Å². The minimum atomic E-state index is -1.000. The van der Waals surface area contributed by atoms with E-state index in [-0.39, 0.29) is 12.5 Å². The van der Waals surface area contributed by atoms with E-state index < -0.39 is 18.0 Å². The van der Waals surface area contributed by atoms with Gasteiger partial charge in [0.2, 0.25) is 11.9 Å². The summed E-state index contributed by atoms with van der Waals surface area (Å²) in [7, 11) is 2.95. The number of hydrogen-bond acceptors (Lipinski definition) is 4. The van der Waals surface area contributed by atoms with E-state index in [1.54, 1.807) is 17.7 Å². The van der Waals surface area contributed by atoms with Gasteiger partial charge in [0, 0.05) is 14.1 Å². The van der Waals surface area contributed by atoms with Crippen LogP contribution < -0.4 is 4.57 Å². The van der Waals surface area contributed by atoms with E-state index >= 15 is 0 Å². The lowest BCUT2D eigenvalue weighted by atomic mass is 10.2. The summed E-state index contributed by atoms with van der Waals surface area (Å²) in [4.78, 5) is 41.8. The minimum Gasteiger partial charge on any atom is -0.479 e. The molecular formula is C12H14N5O4+. The second-order valence-electron chi connectivity index (χ2n) is 5.07. The molecule has 1 aromatic heterocycles. The SMILES string of the molecule is Cc1c[n+]2c(n1CC(=O)O)N=C1C2C(=O)N(C)C(=O)N1C. The second-order valence-corrected chi connectivity index (χ2v) is 5.07. The van der Waals surface area contributed by atoms with Crippen molar-refractivity contribution >= 4 is 29.7 Å². The zero-order valence-corrected chi connectivity index (χ0v) is 11.8. The number of likely N-dealkylation sites (N-methyl/N-ethyl adjacent to an activating group) is 2. The van der Waals surface area contributed by atoms with Crippen molar-refractivity contribution in [2.75, 3.05) is 14.1 Å². The lowest BCUT2D eigenvalue weighted by molar-refractivity contribution is -0.677.